The zero-order valence-corrected chi connectivity index (χ0v) is 12.4. The van der Waals surface area contributed by atoms with E-state index in [0.717, 1.165) is 19.4 Å². The topological polar surface area (TPSA) is 42.2 Å². The molecule has 0 N–H and O–H groups in total. The standard InChI is InChI=1S/C15H17ClFN3O/c16-12-10-11(5-6-13(12)17)15-18-14(21-19-15)4-3-9-20-7-1-2-8-20/h5-6,10H,1-4,7-9H2. The third-order valence-electron chi connectivity index (χ3n) is 3.71. The average Bonchev–Trinajstić information content (AvgIpc) is 3.13. The second-order valence-corrected chi connectivity index (χ2v) is 5.70. The van der Waals surface area contributed by atoms with Crippen LogP contribution in [0.4, 0.5) is 4.39 Å². The lowest BCUT2D eigenvalue weighted by atomic mass is 10.2. The van der Waals surface area contributed by atoms with E-state index in [0.29, 0.717) is 17.3 Å². The maximum Gasteiger partial charge on any atom is 0.227 e. The van der Waals surface area contributed by atoms with Crippen molar-refractivity contribution in [2.45, 2.75) is 25.7 Å². The summed E-state index contributed by atoms with van der Waals surface area (Å²) in [6.45, 7) is 3.46. The molecule has 1 aromatic carbocycles. The SMILES string of the molecule is Fc1ccc(-c2noc(CCCN3CCCC3)n2)cc1Cl. The molecule has 4 nitrogen and oxygen atoms in total. The van der Waals surface area contributed by atoms with Gasteiger partial charge in [-0.1, -0.05) is 16.8 Å². The second-order valence-electron chi connectivity index (χ2n) is 5.29. The van der Waals surface area contributed by atoms with Crippen molar-refractivity contribution in [3.05, 3.63) is 34.9 Å². The van der Waals surface area contributed by atoms with Crippen molar-refractivity contribution in [1.29, 1.82) is 0 Å². The van der Waals surface area contributed by atoms with Crippen LogP contribution in [-0.2, 0) is 6.42 Å². The molecule has 0 saturated carbocycles. The summed E-state index contributed by atoms with van der Waals surface area (Å²) in [7, 11) is 0. The number of rotatable bonds is 5. The van der Waals surface area contributed by atoms with Crippen LogP contribution < -0.4 is 0 Å². The van der Waals surface area contributed by atoms with Crippen LogP contribution in [0.3, 0.4) is 0 Å². The molecule has 0 spiro atoms. The number of hydrogen-bond acceptors (Lipinski definition) is 4. The smallest absolute Gasteiger partial charge is 0.227 e. The van der Waals surface area contributed by atoms with Gasteiger partial charge in [-0.25, -0.2) is 4.39 Å². The van der Waals surface area contributed by atoms with Gasteiger partial charge in [-0.15, -0.1) is 0 Å². The summed E-state index contributed by atoms with van der Waals surface area (Å²) in [6, 6.07) is 4.41. The number of nitrogens with zero attached hydrogens (tertiary/aromatic N) is 3. The van der Waals surface area contributed by atoms with Gasteiger partial charge in [0.15, 0.2) is 0 Å². The Labute approximate surface area is 127 Å². The summed E-state index contributed by atoms with van der Waals surface area (Å²) in [5.41, 5.74) is 0.663. The van der Waals surface area contributed by atoms with Crippen molar-refractivity contribution in [3.63, 3.8) is 0 Å². The normalized spacial score (nSPS) is 15.7. The molecule has 1 aliphatic rings. The Morgan fingerprint density at radius 1 is 1.29 bits per heavy atom. The minimum atomic E-state index is -0.449. The molecule has 3 rings (SSSR count). The molecule has 1 aromatic heterocycles. The highest BCUT2D eigenvalue weighted by Crippen LogP contribution is 2.23. The van der Waals surface area contributed by atoms with Crippen LogP contribution in [0.5, 0.6) is 0 Å². The van der Waals surface area contributed by atoms with E-state index in [1.165, 1.54) is 38.1 Å². The van der Waals surface area contributed by atoms with Gasteiger partial charge in [0, 0.05) is 12.0 Å². The fourth-order valence-corrected chi connectivity index (χ4v) is 2.75. The molecule has 112 valence electrons. The summed E-state index contributed by atoms with van der Waals surface area (Å²) in [5.74, 6) is 0.618. The van der Waals surface area contributed by atoms with Crippen molar-refractivity contribution < 1.29 is 8.91 Å². The zero-order valence-electron chi connectivity index (χ0n) is 11.7. The molecule has 2 heterocycles. The number of benzene rings is 1. The van der Waals surface area contributed by atoms with Crippen LogP contribution in [0.2, 0.25) is 5.02 Å². The molecule has 0 unspecified atom stereocenters. The molecule has 0 amide bonds. The highest BCUT2D eigenvalue weighted by molar-refractivity contribution is 6.31. The van der Waals surface area contributed by atoms with Gasteiger partial charge >= 0.3 is 0 Å². The predicted molar refractivity (Wildman–Crippen MR) is 78.7 cm³/mol. The van der Waals surface area contributed by atoms with Gasteiger partial charge in [0.05, 0.1) is 5.02 Å². The Kier molecular flexibility index (Phi) is 4.51. The molecule has 1 fully saturated rings. The second kappa shape index (κ2) is 6.54. The zero-order chi connectivity index (χ0) is 14.7. The molecule has 21 heavy (non-hydrogen) atoms. The third-order valence-corrected chi connectivity index (χ3v) is 4.00. The first-order chi connectivity index (χ1) is 10.2. The van der Waals surface area contributed by atoms with Crippen LogP contribution in [0.15, 0.2) is 22.7 Å². The lowest BCUT2D eigenvalue weighted by molar-refractivity contribution is 0.319. The first kappa shape index (κ1) is 14.5. The highest BCUT2D eigenvalue weighted by atomic mass is 35.5. The summed E-state index contributed by atoms with van der Waals surface area (Å²) in [4.78, 5) is 6.79. The summed E-state index contributed by atoms with van der Waals surface area (Å²) in [5, 5.41) is 3.99. The highest BCUT2D eigenvalue weighted by Gasteiger charge is 2.13. The lowest BCUT2D eigenvalue weighted by Gasteiger charge is -2.12. The van der Waals surface area contributed by atoms with Gasteiger partial charge in [0.2, 0.25) is 11.7 Å². The first-order valence-electron chi connectivity index (χ1n) is 7.23. The summed E-state index contributed by atoms with van der Waals surface area (Å²) >= 11 is 5.76. The van der Waals surface area contributed by atoms with Gasteiger partial charge in [-0.3, -0.25) is 0 Å². The molecule has 1 aliphatic heterocycles. The third kappa shape index (κ3) is 3.60. The number of aromatic nitrogens is 2. The Balaban J connectivity index is 1.58. The van der Waals surface area contributed by atoms with Gasteiger partial charge in [0.25, 0.3) is 0 Å². The van der Waals surface area contributed by atoms with E-state index in [-0.39, 0.29) is 5.02 Å². The van der Waals surface area contributed by atoms with E-state index in [2.05, 4.69) is 15.0 Å². The van der Waals surface area contributed by atoms with Crippen LogP contribution in [0, 0.1) is 5.82 Å². The molecule has 0 bridgehead atoms. The first-order valence-corrected chi connectivity index (χ1v) is 7.60. The minimum absolute atomic E-state index is 0.0629. The molecular weight excluding hydrogens is 293 g/mol. The van der Waals surface area contributed by atoms with Crippen molar-refractivity contribution in [2.24, 2.45) is 0 Å². The number of halogens is 2. The molecule has 6 heteroatoms. The van der Waals surface area contributed by atoms with E-state index in [1.54, 1.807) is 6.07 Å². The van der Waals surface area contributed by atoms with Crippen molar-refractivity contribution in [1.82, 2.24) is 15.0 Å². The van der Waals surface area contributed by atoms with Gasteiger partial charge < -0.3 is 9.42 Å². The van der Waals surface area contributed by atoms with Crippen LogP contribution >= 0.6 is 11.6 Å². The van der Waals surface area contributed by atoms with E-state index in [4.69, 9.17) is 16.1 Å². The largest absolute Gasteiger partial charge is 0.339 e. The van der Waals surface area contributed by atoms with Crippen LogP contribution in [-0.4, -0.2) is 34.7 Å². The van der Waals surface area contributed by atoms with E-state index >= 15 is 0 Å². The van der Waals surface area contributed by atoms with Crippen molar-refractivity contribution in [3.8, 4) is 11.4 Å². The summed E-state index contributed by atoms with van der Waals surface area (Å²) < 4.78 is 18.4. The molecule has 1 saturated heterocycles. The van der Waals surface area contributed by atoms with Gasteiger partial charge in [-0.05, 0) is 57.1 Å². The monoisotopic (exact) mass is 309 g/mol. The number of likely N-dealkylation sites (tertiary alicyclic amines) is 1. The van der Waals surface area contributed by atoms with Crippen LogP contribution in [0.1, 0.15) is 25.2 Å². The Bertz CT molecular complexity index is 611. The van der Waals surface area contributed by atoms with Crippen molar-refractivity contribution >= 4 is 11.6 Å². The Morgan fingerprint density at radius 3 is 2.86 bits per heavy atom. The predicted octanol–water partition coefficient (Wildman–Crippen LogP) is 3.56. The summed E-state index contributed by atoms with van der Waals surface area (Å²) in [6.07, 6.45) is 4.37. The molecule has 0 atom stereocenters. The number of aryl methyl sites for hydroxylation is 1. The van der Waals surface area contributed by atoms with E-state index < -0.39 is 5.82 Å². The quantitative estimate of drug-likeness (QED) is 0.847. The molecular formula is C15H17ClFN3O. The Morgan fingerprint density at radius 2 is 2.10 bits per heavy atom. The van der Waals surface area contributed by atoms with Crippen molar-refractivity contribution in [2.75, 3.05) is 19.6 Å². The minimum Gasteiger partial charge on any atom is -0.339 e. The fraction of sp³-hybridized carbons (Fsp3) is 0.467. The van der Waals surface area contributed by atoms with E-state index in [9.17, 15) is 4.39 Å². The molecule has 2 aromatic rings. The van der Waals surface area contributed by atoms with Gasteiger partial charge in [-0.2, -0.15) is 4.98 Å². The maximum absolute atomic E-state index is 13.1. The fourth-order valence-electron chi connectivity index (χ4n) is 2.57. The molecule has 0 aliphatic carbocycles. The lowest BCUT2D eigenvalue weighted by Crippen LogP contribution is -2.20. The maximum atomic E-state index is 13.1. The average molecular weight is 310 g/mol. The Hall–Kier alpha value is -1.46. The van der Waals surface area contributed by atoms with Gasteiger partial charge in [0.1, 0.15) is 5.82 Å². The van der Waals surface area contributed by atoms with Crippen LogP contribution in [0.25, 0.3) is 11.4 Å². The van der Waals surface area contributed by atoms with E-state index in [1.807, 2.05) is 0 Å². The number of hydrogen-bond donors (Lipinski definition) is 0. The molecule has 0 radical (unpaired) electrons.